The van der Waals surface area contributed by atoms with Gasteiger partial charge < -0.3 is 11.5 Å². The number of nitrogens with two attached hydrogens (primary N) is 2. The Morgan fingerprint density at radius 3 is 2.67 bits per heavy atom. The average molecular weight is 189 g/mol. The number of rotatable bonds is 2. The van der Waals surface area contributed by atoms with Crippen LogP contribution in [-0.2, 0) is 0 Å². The fraction of sp³-hybridized carbons (Fsp3) is 0.250. The lowest BCUT2D eigenvalue weighted by Crippen LogP contribution is -2.21. The molecule has 0 spiro atoms. The van der Waals surface area contributed by atoms with Crippen molar-refractivity contribution in [3.05, 3.63) is 34.6 Å². The molecule has 0 fully saturated rings. The van der Waals surface area contributed by atoms with E-state index in [2.05, 4.69) is 0 Å². The van der Waals surface area contributed by atoms with E-state index in [1.807, 2.05) is 0 Å². The van der Waals surface area contributed by atoms with Gasteiger partial charge in [-0.25, -0.2) is 4.39 Å². The van der Waals surface area contributed by atoms with Crippen LogP contribution in [0.15, 0.2) is 18.2 Å². The Balaban J connectivity index is 3.01. The van der Waals surface area contributed by atoms with Crippen LogP contribution < -0.4 is 11.5 Å². The van der Waals surface area contributed by atoms with E-state index < -0.39 is 0 Å². The molecular formula is C8H10ClFN2. The zero-order valence-corrected chi connectivity index (χ0v) is 7.18. The number of hydrogen-bond acceptors (Lipinski definition) is 2. The number of halogens is 2. The first kappa shape index (κ1) is 9.45. The van der Waals surface area contributed by atoms with Gasteiger partial charge >= 0.3 is 0 Å². The summed E-state index contributed by atoms with van der Waals surface area (Å²) in [7, 11) is 0. The molecule has 4 N–H and O–H groups in total. The SMILES string of the molecule is NC[C@@H](N)c1ccc(F)cc1Cl. The van der Waals surface area contributed by atoms with Gasteiger partial charge in [-0.1, -0.05) is 17.7 Å². The van der Waals surface area contributed by atoms with Gasteiger partial charge in [0, 0.05) is 17.6 Å². The van der Waals surface area contributed by atoms with Gasteiger partial charge in [0.2, 0.25) is 0 Å². The van der Waals surface area contributed by atoms with Crippen molar-refractivity contribution in [1.29, 1.82) is 0 Å². The molecule has 1 aromatic rings. The molecule has 0 heterocycles. The monoisotopic (exact) mass is 188 g/mol. The third-order valence-corrected chi connectivity index (χ3v) is 1.94. The molecule has 0 amide bonds. The Kier molecular flexibility index (Phi) is 3.03. The molecular weight excluding hydrogens is 179 g/mol. The van der Waals surface area contributed by atoms with Crippen LogP contribution >= 0.6 is 11.6 Å². The highest BCUT2D eigenvalue weighted by Gasteiger charge is 2.08. The first-order chi connectivity index (χ1) is 5.65. The molecule has 0 aromatic heterocycles. The fourth-order valence-corrected chi connectivity index (χ4v) is 1.24. The average Bonchev–Trinajstić information content (AvgIpc) is 2.03. The minimum Gasteiger partial charge on any atom is -0.329 e. The molecule has 0 aliphatic rings. The van der Waals surface area contributed by atoms with Gasteiger partial charge in [-0.3, -0.25) is 0 Å². The predicted octanol–water partition coefficient (Wildman–Crippen LogP) is 1.44. The minimum atomic E-state index is -0.368. The number of hydrogen-bond donors (Lipinski definition) is 2. The highest BCUT2D eigenvalue weighted by atomic mass is 35.5. The van der Waals surface area contributed by atoms with Crippen LogP contribution in [0.4, 0.5) is 4.39 Å². The van der Waals surface area contributed by atoms with Crippen LogP contribution in [0.3, 0.4) is 0 Å². The quantitative estimate of drug-likeness (QED) is 0.738. The second-order valence-electron chi connectivity index (χ2n) is 2.51. The molecule has 1 atom stereocenters. The smallest absolute Gasteiger partial charge is 0.124 e. The molecule has 0 saturated carbocycles. The van der Waals surface area contributed by atoms with Crippen LogP contribution in [0.25, 0.3) is 0 Å². The Bertz CT molecular complexity index is 278. The van der Waals surface area contributed by atoms with E-state index in [1.165, 1.54) is 12.1 Å². The summed E-state index contributed by atoms with van der Waals surface area (Å²) in [4.78, 5) is 0. The summed E-state index contributed by atoms with van der Waals surface area (Å²) in [6.07, 6.45) is 0. The third-order valence-electron chi connectivity index (χ3n) is 1.62. The van der Waals surface area contributed by atoms with E-state index in [9.17, 15) is 4.39 Å². The lowest BCUT2D eigenvalue weighted by molar-refractivity contribution is 0.625. The molecule has 0 bridgehead atoms. The Morgan fingerprint density at radius 2 is 2.17 bits per heavy atom. The van der Waals surface area contributed by atoms with Gasteiger partial charge in [0.25, 0.3) is 0 Å². The van der Waals surface area contributed by atoms with Crippen LogP contribution in [0.2, 0.25) is 5.02 Å². The Morgan fingerprint density at radius 1 is 1.50 bits per heavy atom. The second kappa shape index (κ2) is 3.85. The second-order valence-corrected chi connectivity index (χ2v) is 2.92. The minimum absolute atomic E-state index is 0.297. The van der Waals surface area contributed by atoms with E-state index in [0.717, 1.165) is 0 Å². The summed E-state index contributed by atoms with van der Waals surface area (Å²) >= 11 is 5.73. The van der Waals surface area contributed by atoms with Gasteiger partial charge in [-0.2, -0.15) is 0 Å². The van der Waals surface area contributed by atoms with Crippen LogP contribution in [0.5, 0.6) is 0 Å². The van der Waals surface area contributed by atoms with E-state index in [0.29, 0.717) is 17.1 Å². The number of benzene rings is 1. The van der Waals surface area contributed by atoms with Gasteiger partial charge in [0.05, 0.1) is 0 Å². The summed E-state index contributed by atoms with van der Waals surface area (Å²) in [6.45, 7) is 0.297. The molecule has 2 nitrogen and oxygen atoms in total. The normalized spacial score (nSPS) is 13.0. The lowest BCUT2D eigenvalue weighted by atomic mass is 10.1. The molecule has 12 heavy (non-hydrogen) atoms. The molecule has 0 saturated heterocycles. The molecule has 66 valence electrons. The summed E-state index contributed by atoms with van der Waals surface area (Å²) < 4.78 is 12.6. The highest BCUT2D eigenvalue weighted by Crippen LogP contribution is 2.21. The molecule has 1 aromatic carbocycles. The summed E-state index contributed by atoms with van der Waals surface area (Å²) in [5.74, 6) is -0.368. The van der Waals surface area contributed by atoms with E-state index in [4.69, 9.17) is 23.1 Å². The van der Waals surface area contributed by atoms with Crippen LogP contribution in [0, 0.1) is 5.82 Å². The van der Waals surface area contributed by atoms with Gasteiger partial charge in [-0.15, -0.1) is 0 Å². The fourth-order valence-electron chi connectivity index (χ4n) is 0.929. The van der Waals surface area contributed by atoms with E-state index in [1.54, 1.807) is 6.07 Å². The molecule has 0 radical (unpaired) electrons. The zero-order chi connectivity index (χ0) is 9.14. The summed E-state index contributed by atoms with van der Waals surface area (Å²) in [5, 5.41) is 0.327. The molecule has 0 unspecified atom stereocenters. The Hall–Kier alpha value is -0.640. The van der Waals surface area contributed by atoms with Crippen LogP contribution in [-0.4, -0.2) is 6.54 Å². The van der Waals surface area contributed by atoms with Crippen molar-refractivity contribution in [2.24, 2.45) is 11.5 Å². The van der Waals surface area contributed by atoms with Crippen molar-refractivity contribution in [3.8, 4) is 0 Å². The first-order valence-electron chi connectivity index (χ1n) is 3.55. The van der Waals surface area contributed by atoms with Gasteiger partial charge in [0.15, 0.2) is 0 Å². The lowest BCUT2D eigenvalue weighted by Gasteiger charge is -2.10. The van der Waals surface area contributed by atoms with Crippen molar-refractivity contribution in [3.63, 3.8) is 0 Å². The molecule has 4 heteroatoms. The molecule has 1 rings (SSSR count). The van der Waals surface area contributed by atoms with Crippen molar-refractivity contribution in [2.75, 3.05) is 6.54 Å². The maximum absolute atomic E-state index is 12.6. The summed E-state index contributed by atoms with van der Waals surface area (Å²) in [6, 6.07) is 3.77. The maximum atomic E-state index is 12.6. The molecule has 0 aliphatic carbocycles. The molecule has 0 aliphatic heterocycles. The highest BCUT2D eigenvalue weighted by molar-refractivity contribution is 6.31. The van der Waals surface area contributed by atoms with Crippen LogP contribution in [0.1, 0.15) is 11.6 Å². The standard InChI is InChI=1S/C8H10ClFN2/c9-7-3-5(10)1-2-6(7)8(12)4-11/h1-3,8H,4,11-12H2/t8-/m1/s1. The van der Waals surface area contributed by atoms with Crippen molar-refractivity contribution >= 4 is 11.6 Å². The van der Waals surface area contributed by atoms with Gasteiger partial charge in [0.1, 0.15) is 5.82 Å². The largest absolute Gasteiger partial charge is 0.329 e. The zero-order valence-electron chi connectivity index (χ0n) is 6.43. The van der Waals surface area contributed by atoms with Crippen molar-refractivity contribution in [2.45, 2.75) is 6.04 Å². The van der Waals surface area contributed by atoms with E-state index in [-0.39, 0.29) is 11.9 Å². The van der Waals surface area contributed by atoms with Gasteiger partial charge in [-0.05, 0) is 17.7 Å². The van der Waals surface area contributed by atoms with Crippen molar-refractivity contribution in [1.82, 2.24) is 0 Å². The van der Waals surface area contributed by atoms with Crippen molar-refractivity contribution < 1.29 is 4.39 Å². The summed E-state index contributed by atoms with van der Waals surface area (Å²) in [5.41, 5.74) is 11.6. The topological polar surface area (TPSA) is 52.0 Å². The first-order valence-corrected chi connectivity index (χ1v) is 3.93. The predicted molar refractivity (Wildman–Crippen MR) is 47.4 cm³/mol. The third kappa shape index (κ3) is 1.94. The van der Waals surface area contributed by atoms with E-state index >= 15 is 0 Å². The Labute approximate surface area is 75.3 Å². The maximum Gasteiger partial charge on any atom is 0.124 e.